The lowest BCUT2D eigenvalue weighted by Gasteiger charge is -2.32. The lowest BCUT2D eigenvalue weighted by atomic mass is 10.1. The van der Waals surface area contributed by atoms with Gasteiger partial charge in [-0.3, -0.25) is 9.48 Å². The average molecular weight is 397 g/mol. The van der Waals surface area contributed by atoms with Crippen LogP contribution in [0.1, 0.15) is 61.1 Å². The molecular weight excluding hydrogens is 370 g/mol. The largest absolute Gasteiger partial charge is 0.355 e. The Morgan fingerprint density at radius 3 is 2.83 bits per heavy atom. The molecule has 0 fully saturated rings. The van der Waals surface area contributed by atoms with Crippen LogP contribution in [0.2, 0.25) is 0 Å². The third kappa shape index (κ3) is 3.56. The van der Waals surface area contributed by atoms with Crippen LogP contribution >= 0.6 is 0 Å². The van der Waals surface area contributed by atoms with Gasteiger partial charge in [0.25, 0.3) is 5.91 Å². The number of aryl methyl sites for hydroxylation is 2. The second-order valence-electron chi connectivity index (χ2n) is 8.06. The number of carbonyl (C=O) groups excluding carboxylic acids is 1. The minimum absolute atomic E-state index is 0.160. The van der Waals surface area contributed by atoms with E-state index in [1.165, 1.54) is 0 Å². The summed E-state index contributed by atoms with van der Waals surface area (Å²) in [5.41, 5.74) is 2.08. The van der Waals surface area contributed by atoms with Crippen LogP contribution in [0.5, 0.6) is 0 Å². The van der Waals surface area contributed by atoms with Crippen molar-refractivity contribution in [3.63, 3.8) is 0 Å². The topological polar surface area (TPSA) is 94.9 Å². The van der Waals surface area contributed by atoms with E-state index in [0.717, 1.165) is 35.7 Å². The maximum Gasteiger partial charge on any atom is 0.276 e. The van der Waals surface area contributed by atoms with E-state index in [4.69, 9.17) is 9.51 Å². The van der Waals surface area contributed by atoms with Crippen molar-refractivity contribution in [2.75, 3.05) is 6.54 Å². The summed E-state index contributed by atoms with van der Waals surface area (Å²) >= 11 is 0. The van der Waals surface area contributed by atoms with Crippen molar-refractivity contribution in [1.82, 2.24) is 34.6 Å². The predicted molar refractivity (Wildman–Crippen MR) is 106 cm³/mol. The SMILES string of the molecule is Cc1c(-c2cc(C(=O)N3CCn4nc(CCC(C)C)nc4[C@H]3C)no2)cnn1C. The number of hydrogen-bond acceptors (Lipinski definition) is 6. The summed E-state index contributed by atoms with van der Waals surface area (Å²) in [4.78, 5) is 19.6. The molecule has 3 aromatic rings. The molecule has 0 N–H and O–H groups in total. The number of rotatable bonds is 5. The highest BCUT2D eigenvalue weighted by Gasteiger charge is 2.32. The van der Waals surface area contributed by atoms with E-state index in [-0.39, 0.29) is 11.9 Å². The first kappa shape index (κ1) is 19.4. The first-order valence-corrected chi connectivity index (χ1v) is 10.1. The van der Waals surface area contributed by atoms with Gasteiger partial charge in [0.05, 0.1) is 24.3 Å². The highest BCUT2D eigenvalue weighted by Crippen LogP contribution is 2.28. The summed E-state index contributed by atoms with van der Waals surface area (Å²) < 4.78 is 9.12. The van der Waals surface area contributed by atoms with Crippen LogP contribution in [0.15, 0.2) is 16.8 Å². The molecule has 0 aliphatic carbocycles. The first-order chi connectivity index (χ1) is 13.8. The van der Waals surface area contributed by atoms with Gasteiger partial charge in [-0.05, 0) is 26.2 Å². The Kier molecular flexibility index (Phi) is 4.97. The number of aromatic nitrogens is 6. The zero-order chi connectivity index (χ0) is 20.7. The van der Waals surface area contributed by atoms with Gasteiger partial charge in [-0.1, -0.05) is 19.0 Å². The Morgan fingerprint density at radius 1 is 1.34 bits per heavy atom. The van der Waals surface area contributed by atoms with Gasteiger partial charge in [0.2, 0.25) is 0 Å². The molecule has 1 aliphatic heterocycles. The summed E-state index contributed by atoms with van der Waals surface area (Å²) in [6.07, 6.45) is 3.63. The Balaban J connectivity index is 1.52. The number of amides is 1. The van der Waals surface area contributed by atoms with E-state index in [9.17, 15) is 4.79 Å². The molecule has 1 aliphatic rings. The second-order valence-corrected chi connectivity index (χ2v) is 8.06. The van der Waals surface area contributed by atoms with Gasteiger partial charge in [0.15, 0.2) is 17.3 Å². The summed E-state index contributed by atoms with van der Waals surface area (Å²) in [6.45, 7) is 9.51. The molecule has 4 rings (SSSR count). The van der Waals surface area contributed by atoms with Crippen molar-refractivity contribution < 1.29 is 9.32 Å². The molecule has 0 saturated carbocycles. The summed E-state index contributed by atoms with van der Waals surface area (Å²) in [7, 11) is 1.86. The molecule has 9 nitrogen and oxygen atoms in total. The van der Waals surface area contributed by atoms with Gasteiger partial charge in [-0.2, -0.15) is 10.2 Å². The lowest BCUT2D eigenvalue weighted by molar-refractivity contribution is 0.0620. The zero-order valence-electron chi connectivity index (χ0n) is 17.6. The minimum Gasteiger partial charge on any atom is -0.355 e. The Bertz CT molecular complexity index is 1030. The summed E-state index contributed by atoms with van der Waals surface area (Å²) in [5, 5.41) is 12.9. The molecule has 3 aromatic heterocycles. The van der Waals surface area contributed by atoms with Gasteiger partial charge in [0, 0.05) is 31.8 Å². The average Bonchev–Trinajstić information content (AvgIpc) is 3.40. The molecule has 4 heterocycles. The maximum absolute atomic E-state index is 13.1. The summed E-state index contributed by atoms with van der Waals surface area (Å²) in [5.74, 6) is 2.67. The Morgan fingerprint density at radius 2 is 2.14 bits per heavy atom. The van der Waals surface area contributed by atoms with Crippen LogP contribution in [0.3, 0.4) is 0 Å². The number of hydrogen-bond donors (Lipinski definition) is 0. The van der Waals surface area contributed by atoms with Gasteiger partial charge in [-0.15, -0.1) is 0 Å². The third-order valence-electron chi connectivity index (χ3n) is 5.57. The molecule has 0 radical (unpaired) electrons. The van der Waals surface area contributed by atoms with Crippen molar-refractivity contribution >= 4 is 5.91 Å². The quantitative estimate of drug-likeness (QED) is 0.657. The van der Waals surface area contributed by atoms with Crippen LogP contribution in [0.4, 0.5) is 0 Å². The van der Waals surface area contributed by atoms with Crippen molar-refractivity contribution in [3.05, 3.63) is 35.3 Å². The Labute approximate surface area is 169 Å². The fraction of sp³-hybridized carbons (Fsp3) is 0.550. The monoisotopic (exact) mass is 397 g/mol. The Hall–Kier alpha value is -2.97. The van der Waals surface area contributed by atoms with Crippen LogP contribution in [0, 0.1) is 12.8 Å². The zero-order valence-corrected chi connectivity index (χ0v) is 17.6. The van der Waals surface area contributed by atoms with E-state index in [2.05, 4.69) is 29.2 Å². The van der Waals surface area contributed by atoms with Crippen molar-refractivity contribution in [3.8, 4) is 11.3 Å². The normalized spacial score (nSPS) is 16.5. The molecule has 154 valence electrons. The number of fused-ring (bicyclic) bond motifs is 1. The molecule has 9 heteroatoms. The van der Waals surface area contributed by atoms with Crippen LogP contribution < -0.4 is 0 Å². The highest BCUT2D eigenvalue weighted by molar-refractivity contribution is 5.93. The second kappa shape index (κ2) is 7.46. The fourth-order valence-electron chi connectivity index (χ4n) is 3.60. The van der Waals surface area contributed by atoms with Crippen LogP contribution in [-0.4, -0.2) is 47.1 Å². The van der Waals surface area contributed by atoms with Crippen LogP contribution in [0.25, 0.3) is 11.3 Å². The third-order valence-corrected chi connectivity index (χ3v) is 5.57. The molecular formula is C20H27N7O2. The van der Waals surface area contributed by atoms with E-state index in [0.29, 0.717) is 30.5 Å². The molecule has 0 unspecified atom stereocenters. The lowest BCUT2D eigenvalue weighted by Crippen LogP contribution is -2.41. The molecule has 0 bridgehead atoms. The van der Waals surface area contributed by atoms with E-state index < -0.39 is 0 Å². The standard InChI is InChI=1S/C20H27N7O2/c1-12(2)6-7-18-22-19-14(4)26(8-9-27(19)23-18)20(28)16-10-17(29-24-16)15-11-21-25(5)13(15)3/h10-12,14H,6-9H2,1-5H3/t14-/m1/s1. The van der Waals surface area contributed by atoms with E-state index in [1.54, 1.807) is 21.8 Å². The molecule has 0 saturated heterocycles. The maximum atomic E-state index is 13.1. The molecule has 0 aromatic carbocycles. The van der Waals surface area contributed by atoms with Gasteiger partial charge >= 0.3 is 0 Å². The fourth-order valence-corrected chi connectivity index (χ4v) is 3.60. The number of nitrogens with zero attached hydrogens (tertiary/aromatic N) is 7. The molecule has 0 spiro atoms. The molecule has 29 heavy (non-hydrogen) atoms. The summed E-state index contributed by atoms with van der Waals surface area (Å²) in [6, 6.07) is 1.52. The molecule has 1 amide bonds. The smallest absolute Gasteiger partial charge is 0.276 e. The highest BCUT2D eigenvalue weighted by atomic mass is 16.5. The van der Waals surface area contributed by atoms with Gasteiger partial charge < -0.3 is 9.42 Å². The van der Waals surface area contributed by atoms with E-state index >= 15 is 0 Å². The van der Waals surface area contributed by atoms with Crippen LogP contribution in [-0.2, 0) is 20.0 Å². The van der Waals surface area contributed by atoms with Crippen molar-refractivity contribution in [2.24, 2.45) is 13.0 Å². The van der Waals surface area contributed by atoms with Crippen molar-refractivity contribution in [2.45, 2.75) is 53.1 Å². The first-order valence-electron chi connectivity index (χ1n) is 10.1. The van der Waals surface area contributed by atoms with Gasteiger partial charge in [-0.25, -0.2) is 9.67 Å². The van der Waals surface area contributed by atoms with Crippen molar-refractivity contribution in [1.29, 1.82) is 0 Å². The van der Waals surface area contributed by atoms with Gasteiger partial charge in [0.1, 0.15) is 5.82 Å². The number of carbonyl (C=O) groups is 1. The minimum atomic E-state index is -0.170. The van der Waals surface area contributed by atoms with E-state index in [1.807, 2.05) is 25.6 Å². The molecule has 1 atom stereocenters. The predicted octanol–water partition coefficient (Wildman–Crippen LogP) is 2.78.